The Hall–Kier alpha value is -2.79. The van der Waals surface area contributed by atoms with Gasteiger partial charge >= 0.3 is 0 Å². The second-order valence-corrected chi connectivity index (χ2v) is 5.59. The van der Waals surface area contributed by atoms with Crippen LogP contribution < -0.4 is 14.8 Å². The maximum Gasteiger partial charge on any atom is 0.251 e. The summed E-state index contributed by atoms with van der Waals surface area (Å²) >= 11 is 0. The summed E-state index contributed by atoms with van der Waals surface area (Å²) in [6.07, 6.45) is 3.51. The van der Waals surface area contributed by atoms with E-state index in [4.69, 9.17) is 9.47 Å². The van der Waals surface area contributed by atoms with Crippen molar-refractivity contribution < 1.29 is 14.3 Å². The van der Waals surface area contributed by atoms with E-state index >= 15 is 0 Å². The number of halogens is 1. The van der Waals surface area contributed by atoms with Gasteiger partial charge in [-0.25, -0.2) is 0 Å². The number of hydrogen-bond donors (Lipinski definition) is 1. The van der Waals surface area contributed by atoms with Gasteiger partial charge in [0, 0.05) is 29.9 Å². The third-order valence-corrected chi connectivity index (χ3v) is 4.39. The molecule has 2 aliphatic heterocycles. The number of nitrogens with one attached hydrogen (secondary N) is 1. The first-order chi connectivity index (χ1) is 11.3. The maximum atomic E-state index is 12.1. The van der Waals surface area contributed by atoms with Crippen molar-refractivity contribution in [1.29, 1.82) is 0 Å². The third-order valence-electron chi connectivity index (χ3n) is 4.39. The molecule has 24 heavy (non-hydrogen) atoms. The van der Waals surface area contributed by atoms with Crippen LogP contribution in [0.1, 0.15) is 15.9 Å². The lowest BCUT2D eigenvalue weighted by Gasteiger charge is -2.14. The van der Waals surface area contributed by atoms with Crippen molar-refractivity contribution in [2.45, 2.75) is 6.54 Å². The summed E-state index contributed by atoms with van der Waals surface area (Å²) < 4.78 is 11.2. The van der Waals surface area contributed by atoms with E-state index in [1.807, 2.05) is 30.3 Å². The molecular formula is C18H13ClN2O3. The summed E-state index contributed by atoms with van der Waals surface area (Å²) in [5.74, 6) is 1.45. The van der Waals surface area contributed by atoms with Gasteiger partial charge in [-0.05, 0) is 46.3 Å². The van der Waals surface area contributed by atoms with E-state index in [2.05, 4.69) is 10.3 Å². The third kappa shape index (κ3) is 1.95. The van der Waals surface area contributed by atoms with E-state index < -0.39 is 0 Å². The molecular weight excluding hydrogens is 328 g/mol. The molecule has 6 heteroatoms. The monoisotopic (exact) mass is 340 g/mol. The molecule has 0 fully saturated rings. The van der Waals surface area contributed by atoms with Crippen molar-refractivity contribution in [2.75, 3.05) is 6.79 Å². The number of ether oxygens (including phenoxy) is 2. The van der Waals surface area contributed by atoms with Crippen molar-refractivity contribution in [3.8, 4) is 22.6 Å². The van der Waals surface area contributed by atoms with Crippen molar-refractivity contribution in [3.05, 3.63) is 53.9 Å². The second kappa shape index (κ2) is 5.39. The summed E-state index contributed by atoms with van der Waals surface area (Å²) in [5, 5.41) is 4.87. The number of carbonyl (C=O) groups excluding carboxylic acids is 1. The molecule has 5 rings (SSSR count). The molecule has 0 aliphatic carbocycles. The van der Waals surface area contributed by atoms with Gasteiger partial charge in [0.25, 0.3) is 5.91 Å². The fourth-order valence-electron chi connectivity index (χ4n) is 3.38. The van der Waals surface area contributed by atoms with Crippen LogP contribution in [0.25, 0.3) is 21.9 Å². The molecule has 120 valence electrons. The van der Waals surface area contributed by atoms with Gasteiger partial charge in [-0.15, -0.1) is 12.4 Å². The number of benzene rings is 2. The van der Waals surface area contributed by atoms with Crippen molar-refractivity contribution in [1.82, 2.24) is 10.3 Å². The number of aromatic nitrogens is 1. The molecule has 3 heterocycles. The number of carbonyl (C=O) groups is 1. The molecule has 0 bridgehead atoms. The topological polar surface area (TPSA) is 60.5 Å². The number of rotatable bonds is 1. The molecule has 0 unspecified atom stereocenters. The highest BCUT2D eigenvalue weighted by Gasteiger charge is 2.28. The Morgan fingerprint density at radius 2 is 1.92 bits per heavy atom. The van der Waals surface area contributed by atoms with Gasteiger partial charge in [0.15, 0.2) is 11.5 Å². The van der Waals surface area contributed by atoms with Crippen molar-refractivity contribution in [3.63, 3.8) is 0 Å². The summed E-state index contributed by atoms with van der Waals surface area (Å²) in [7, 11) is 0. The number of pyridine rings is 1. The van der Waals surface area contributed by atoms with Crippen LogP contribution in [0.3, 0.4) is 0 Å². The highest BCUT2D eigenvalue weighted by atomic mass is 35.5. The minimum absolute atomic E-state index is 0. The molecule has 0 spiro atoms. The predicted molar refractivity (Wildman–Crippen MR) is 91.7 cm³/mol. The fraction of sp³-hybridized carbons (Fsp3) is 0.111. The highest BCUT2D eigenvalue weighted by Crippen LogP contribution is 2.46. The van der Waals surface area contributed by atoms with Gasteiger partial charge in [0.1, 0.15) is 0 Å². The lowest BCUT2D eigenvalue weighted by molar-refractivity contribution is 0.0966. The lowest BCUT2D eigenvalue weighted by atomic mass is 9.90. The van der Waals surface area contributed by atoms with Gasteiger partial charge in [0.2, 0.25) is 6.79 Å². The first kappa shape index (κ1) is 14.8. The summed E-state index contributed by atoms with van der Waals surface area (Å²) in [5.41, 5.74) is 3.75. The highest BCUT2D eigenvalue weighted by molar-refractivity contribution is 6.11. The van der Waals surface area contributed by atoms with E-state index in [1.165, 1.54) is 0 Å². The van der Waals surface area contributed by atoms with E-state index in [9.17, 15) is 4.79 Å². The fourth-order valence-corrected chi connectivity index (χ4v) is 3.38. The van der Waals surface area contributed by atoms with Crippen LogP contribution in [0, 0.1) is 0 Å². The van der Waals surface area contributed by atoms with Crippen LogP contribution in [0.2, 0.25) is 0 Å². The smallest absolute Gasteiger partial charge is 0.251 e. The van der Waals surface area contributed by atoms with Crippen LogP contribution in [0.15, 0.2) is 42.7 Å². The van der Waals surface area contributed by atoms with Gasteiger partial charge in [-0.2, -0.15) is 0 Å². The number of nitrogens with zero attached hydrogens (tertiary/aromatic N) is 1. The molecule has 1 N–H and O–H groups in total. The molecule has 2 aromatic carbocycles. The Kier molecular flexibility index (Phi) is 3.32. The van der Waals surface area contributed by atoms with Crippen molar-refractivity contribution in [2.24, 2.45) is 0 Å². The number of fused-ring (bicyclic) bond motifs is 4. The first-order valence-corrected chi connectivity index (χ1v) is 7.40. The average Bonchev–Trinajstić information content (AvgIpc) is 3.21. The number of hydrogen-bond acceptors (Lipinski definition) is 4. The normalized spacial score (nSPS) is 14.2. The van der Waals surface area contributed by atoms with Crippen LogP contribution in [0.4, 0.5) is 0 Å². The Balaban J connectivity index is 0.00000146. The Bertz CT molecular complexity index is 973. The Morgan fingerprint density at radius 1 is 1.08 bits per heavy atom. The van der Waals surface area contributed by atoms with E-state index in [0.717, 1.165) is 44.5 Å². The largest absolute Gasteiger partial charge is 0.454 e. The van der Waals surface area contributed by atoms with Crippen LogP contribution >= 0.6 is 12.4 Å². The molecule has 0 saturated carbocycles. The molecule has 2 aliphatic rings. The van der Waals surface area contributed by atoms with E-state index in [1.54, 1.807) is 12.4 Å². The summed E-state index contributed by atoms with van der Waals surface area (Å²) in [4.78, 5) is 16.2. The predicted octanol–water partition coefficient (Wildman–Crippen LogP) is 3.30. The van der Waals surface area contributed by atoms with Crippen LogP contribution in [-0.4, -0.2) is 17.7 Å². The minimum atomic E-state index is -0.0325. The Morgan fingerprint density at radius 3 is 2.75 bits per heavy atom. The van der Waals surface area contributed by atoms with Gasteiger partial charge < -0.3 is 14.8 Å². The minimum Gasteiger partial charge on any atom is -0.454 e. The molecule has 5 nitrogen and oxygen atoms in total. The number of amides is 1. The molecule has 1 aromatic heterocycles. The average molecular weight is 341 g/mol. The zero-order valence-electron chi connectivity index (χ0n) is 12.5. The maximum absolute atomic E-state index is 12.1. The quantitative estimate of drug-likeness (QED) is 0.738. The van der Waals surface area contributed by atoms with Crippen LogP contribution in [0.5, 0.6) is 11.5 Å². The molecule has 0 radical (unpaired) electrons. The van der Waals surface area contributed by atoms with Gasteiger partial charge in [-0.3, -0.25) is 9.78 Å². The Labute approximate surface area is 144 Å². The first-order valence-electron chi connectivity index (χ1n) is 7.40. The standard InChI is InChI=1S/C18H12N2O3.ClH/c21-18-12-7-11-1-2-14-17(23-9-22-14)16(11)15(13(12)8-20-18)10-3-5-19-6-4-10;/h1-7H,8-9H2,(H,20,21);1H. The van der Waals surface area contributed by atoms with Gasteiger partial charge in [0.05, 0.1) is 0 Å². The van der Waals surface area contributed by atoms with Crippen molar-refractivity contribution >= 4 is 29.1 Å². The molecule has 0 saturated heterocycles. The molecule has 0 atom stereocenters. The summed E-state index contributed by atoms with van der Waals surface area (Å²) in [6.45, 7) is 0.741. The zero-order valence-corrected chi connectivity index (χ0v) is 13.4. The molecule has 1 amide bonds. The zero-order chi connectivity index (χ0) is 15.4. The van der Waals surface area contributed by atoms with Gasteiger partial charge in [-0.1, -0.05) is 6.07 Å². The van der Waals surface area contributed by atoms with E-state index in [0.29, 0.717) is 6.54 Å². The molecule has 3 aromatic rings. The lowest BCUT2D eigenvalue weighted by Crippen LogP contribution is -2.12. The second-order valence-electron chi connectivity index (χ2n) is 5.59. The summed E-state index contributed by atoms with van der Waals surface area (Å²) in [6, 6.07) is 9.69. The van der Waals surface area contributed by atoms with E-state index in [-0.39, 0.29) is 25.1 Å². The SMILES string of the molecule is Cl.O=C1NCc2c1cc1ccc3c(c1c2-c1ccncc1)OCO3. The van der Waals surface area contributed by atoms with Crippen LogP contribution in [-0.2, 0) is 6.54 Å².